The molecule has 15 heavy (non-hydrogen) atoms. The number of carbonyl (C=O) groups excluding carboxylic acids is 1. The molecule has 0 unspecified atom stereocenters. The Morgan fingerprint density at radius 2 is 2.40 bits per heavy atom. The zero-order valence-corrected chi connectivity index (χ0v) is 9.69. The van der Waals surface area contributed by atoms with Crippen LogP contribution in [0.4, 0.5) is 0 Å². The number of rotatable bonds is 5. The molecule has 0 aliphatic heterocycles. The zero-order valence-electron chi connectivity index (χ0n) is 8.88. The Balaban J connectivity index is 2.45. The summed E-state index contributed by atoms with van der Waals surface area (Å²) in [5.41, 5.74) is 0.727. The maximum Gasteiger partial charge on any atom is 0.251 e. The summed E-state index contributed by atoms with van der Waals surface area (Å²) in [6, 6.07) is 0. The molecular weight excluding hydrogens is 210 g/mol. The molecule has 0 aromatic carbocycles. The lowest BCUT2D eigenvalue weighted by Crippen LogP contribution is -2.31. The Bertz CT molecular complexity index is 286. The molecule has 84 valence electrons. The van der Waals surface area contributed by atoms with Gasteiger partial charge in [0.2, 0.25) is 0 Å². The number of nitrogens with two attached hydrogens (primary N) is 1. The monoisotopic (exact) mass is 227 g/mol. The Morgan fingerprint density at radius 1 is 1.60 bits per heavy atom. The Hall–Kier alpha value is -0.780. The first kappa shape index (κ1) is 12.3. The van der Waals surface area contributed by atoms with Crippen LogP contribution in [-0.2, 0) is 4.79 Å². The van der Waals surface area contributed by atoms with Crippen LogP contribution >= 0.6 is 11.9 Å². The quantitative estimate of drug-likeness (QED) is 0.473. The summed E-state index contributed by atoms with van der Waals surface area (Å²) < 4.78 is 0. The molecule has 0 bridgehead atoms. The fraction of sp³-hybridized carbons (Fsp3) is 0.500. The van der Waals surface area contributed by atoms with Crippen molar-refractivity contribution in [1.29, 1.82) is 0 Å². The maximum atomic E-state index is 11.6. The van der Waals surface area contributed by atoms with Crippen molar-refractivity contribution in [3.8, 4) is 0 Å². The van der Waals surface area contributed by atoms with E-state index in [0.29, 0.717) is 6.54 Å². The highest BCUT2D eigenvalue weighted by Gasteiger charge is 2.11. The van der Waals surface area contributed by atoms with E-state index in [0.717, 1.165) is 29.9 Å². The molecule has 4 N–H and O–H groups in total. The molecule has 4 nitrogen and oxygen atoms in total. The summed E-state index contributed by atoms with van der Waals surface area (Å²) in [6.07, 6.45) is 5.65. The number of carbonyl (C=O) groups is 1. The number of hydrogen-bond donors (Lipinski definition) is 3. The van der Waals surface area contributed by atoms with Crippen LogP contribution in [0.3, 0.4) is 0 Å². The number of allylic oxidation sites excluding steroid dienone is 2. The van der Waals surface area contributed by atoms with E-state index in [1.54, 1.807) is 0 Å². The zero-order chi connectivity index (χ0) is 11.1. The summed E-state index contributed by atoms with van der Waals surface area (Å²) in [7, 11) is 1.86. The van der Waals surface area contributed by atoms with Crippen molar-refractivity contribution in [2.45, 2.75) is 12.8 Å². The maximum absolute atomic E-state index is 11.6. The van der Waals surface area contributed by atoms with Crippen molar-refractivity contribution in [3.63, 3.8) is 0 Å². The van der Waals surface area contributed by atoms with Gasteiger partial charge < -0.3 is 10.6 Å². The van der Waals surface area contributed by atoms with Crippen LogP contribution in [0.2, 0.25) is 0 Å². The predicted octanol–water partition coefficient (Wildman–Crippen LogP) is 0.533. The molecule has 0 atom stereocenters. The molecule has 0 fully saturated rings. The lowest BCUT2D eigenvalue weighted by Gasteiger charge is -2.11. The molecule has 0 radical (unpaired) electrons. The largest absolute Gasteiger partial charge is 0.351 e. The van der Waals surface area contributed by atoms with E-state index >= 15 is 0 Å². The smallest absolute Gasteiger partial charge is 0.251 e. The van der Waals surface area contributed by atoms with Gasteiger partial charge in [-0.2, -0.15) is 0 Å². The van der Waals surface area contributed by atoms with Gasteiger partial charge >= 0.3 is 0 Å². The molecule has 0 aromatic heterocycles. The first-order chi connectivity index (χ1) is 7.27. The first-order valence-corrected chi connectivity index (χ1v) is 5.86. The van der Waals surface area contributed by atoms with E-state index in [2.05, 4.69) is 10.6 Å². The summed E-state index contributed by atoms with van der Waals surface area (Å²) in [4.78, 5) is 12.7. The summed E-state index contributed by atoms with van der Waals surface area (Å²) >= 11 is 1.22. The summed E-state index contributed by atoms with van der Waals surface area (Å²) in [5.74, 6) is -0.0171. The minimum atomic E-state index is -0.0171. The van der Waals surface area contributed by atoms with Gasteiger partial charge in [0, 0.05) is 23.6 Å². The fourth-order valence-electron chi connectivity index (χ4n) is 1.33. The van der Waals surface area contributed by atoms with Gasteiger partial charge in [-0.3, -0.25) is 9.93 Å². The van der Waals surface area contributed by atoms with Crippen LogP contribution < -0.4 is 15.8 Å². The molecule has 1 amide bonds. The van der Waals surface area contributed by atoms with Crippen LogP contribution in [0, 0.1) is 0 Å². The van der Waals surface area contributed by atoms with Crippen molar-refractivity contribution >= 4 is 17.9 Å². The van der Waals surface area contributed by atoms with Gasteiger partial charge in [0.05, 0.1) is 0 Å². The van der Waals surface area contributed by atoms with E-state index < -0.39 is 0 Å². The molecule has 0 aromatic rings. The fourth-order valence-corrected chi connectivity index (χ4v) is 1.76. The average molecular weight is 227 g/mol. The Kier molecular flexibility index (Phi) is 5.45. The van der Waals surface area contributed by atoms with E-state index in [1.165, 1.54) is 11.9 Å². The van der Waals surface area contributed by atoms with Gasteiger partial charge in [-0.15, -0.1) is 0 Å². The first-order valence-electron chi connectivity index (χ1n) is 4.98. The molecule has 0 saturated carbocycles. The molecule has 1 rings (SSSR count). The highest BCUT2D eigenvalue weighted by molar-refractivity contribution is 8.00. The SMILES string of the molecule is CNCCNC(=O)C1=CCCC(SN)=C1. The third-order valence-corrected chi connectivity index (χ3v) is 2.77. The lowest BCUT2D eigenvalue weighted by molar-refractivity contribution is -0.117. The van der Waals surface area contributed by atoms with Crippen LogP contribution in [-0.4, -0.2) is 26.0 Å². The highest BCUT2D eigenvalue weighted by Crippen LogP contribution is 2.23. The van der Waals surface area contributed by atoms with Crippen molar-refractivity contribution in [3.05, 3.63) is 22.6 Å². The summed E-state index contributed by atoms with van der Waals surface area (Å²) in [5, 5.41) is 11.3. The van der Waals surface area contributed by atoms with Crippen molar-refractivity contribution < 1.29 is 4.79 Å². The van der Waals surface area contributed by atoms with E-state index in [4.69, 9.17) is 5.14 Å². The topological polar surface area (TPSA) is 67.1 Å². The minimum Gasteiger partial charge on any atom is -0.351 e. The second-order valence-corrected chi connectivity index (χ2v) is 4.05. The normalized spacial score (nSPS) is 15.6. The van der Waals surface area contributed by atoms with Crippen molar-refractivity contribution in [2.24, 2.45) is 5.14 Å². The van der Waals surface area contributed by atoms with Crippen molar-refractivity contribution in [1.82, 2.24) is 10.6 Å². The molecule has 1 aliphatic carbocycles. The summed E-state index contributed by atoms with van der Waals surface area (Å²) in [6.45, 7) is 1.42. The van der Waals surface area contributed by atoms with Crippen molar-refractivity contribution in [2.75, 3.05) is 20.1 Å². The highest BCUT2D eigenvalue weighted by atomic mass is 32.2. The molecular formula is C10H17N3OS. The standard InChI is InChI=1S/C10H17N3OS/c1-12-5-6-13-10(14)8-3-2-4-9(7-8)15-11/h3,7,12H,2,4-6,11H2,1H3,(H,13,14). The van der Waals surface area contributed by atoms with Gasteiger partial charge in [0.1, 0.15) is 0 Å². The van der Waals surface area contributed by atoms with E-state index in [1.807, 2.05) is 19.2 Å². The van der Waals surface area contributed by atoms with Gasteiger partial charge in [-0.05, 0) is 26.0 Å². The number of amides is 1. The number of likely N-dealkylation sites (N-methyl/N-ethyl adjacent to an activating group) is 1. The van der Waals surface area contributed by atoms with Crippen LogP contribution in [0.15, 0.2) is 22.6 Å². The van der Waals surface area contributed by atoms with Gasteiger partial charge in [0.15, 0.2) is 0 Å². The average Bonchev–Trinajstić information content (AvgIpc) is 2.29. The second kappa shape index (κ2) is 6.66. The van der Waals surface area contributed by atoms with E-state index in [-0.39, 0.29) is 5.91 Å². The van der Waals surface area contributed by atoms with Gasteiger partial charge in [-0.1, -0.05) is 18.0 Å². The third-order valence-electron chi connectivity index (χ3n) is 2.15. The lowest BCUT2D eigenvalue weighted by atomic mass is 10.1. The number of hydrogen-bond acceptors (Lipinski definition) is 4. The Morgan fingerprint density at radius 3 is 3.07 bits per heavy atom. The van der Waals surface area contributed by atoms with Gasteiger partial charge in [0.25, 0.3) is 5.91 Å². The van der Waals surface area contributed by atoms with Crippen LogP contribution in [0.1, 0.15) is 12.8 Å². The second-order valence-electron chi connectivity index (χ2n) is 3.29. The molecule has 0 spiro atoms. The minimum absolute atomic E-state index is 0.0171. The predicted molar refractivity (Wildman–Crippen MR) is 64.1 cm³/mol. The molecule has 1 aliphatic rings. The molecule has 0 saturated heterocycles. The third kappa shape index (κ3) is 4.07. The van der Waals surface area contributed by atoms with Crippen LogP contribution in [0.25, 0.3) is 0 Å². The number of nitrogens with one attached hydrogen (secondary N) is 2. The van der Waals surface area contributed by atoms with E-state index in [9.17, 15) is 4.79 Å². The molecule has 5 heteroatoms. The Labute approximate surface area is 94.5 Å². The van der Waals surface area contributed by atoms with Gasteiger partial charge in [-0.25, -0.2) is 0 Å². The molecule has 0 heterocycles. The van der Waals surface area contributed by atoms with Crippen LogP contribution in [0.5, 0.6) is 0 Å².